The normalized spacial score (nSPS) is 11.7. The van der Waals surface area contributed by atoms with E-state index in [9.17, 15) is 14.6 Å². The highest BCUT2D eigenvalue weighted by molar-refractivity contribution is 6.08. The van der Waals surface area contributed by atoms with Crippen LogP contribution < -0.4 is 0 Å². The van der Waals surface area contributed by atoms with Crippen LogP contribution in [0.25, 0.3) is 43.1 Å². The summed E-state index contributed by atoms with van der Waals surface area (Å²) in [6, 6.07) is 21.5. The average Bonchev–Trinajstić information content (AvgIpc) is 2.62. The molecule has 0 aliphatic rings. The van der Waals surface area contributed by atoms with Crippen molar-refractivity contribution >= 4 is 43.1 Å². The molecule has 0 saturated heterocycles. The van der Waals surface area contributed by atoms with Crippen molar-refractivity contribution in [2.75, 3.05) is 0 Å². The van der Waals surface area contributed by atoms with E-state index in [1.165, 1.54) is 11.5 Å². The van der Waals surface area contributed by atoms with Crippen molar-refractivity contribution in [2.24, 2.45) is 0 Å². The van der Waals surface area contributed by atoms with Gasteiger partial charge in [-0.15, -0.1) is 0 Å². The lowest BCUT2D eigenvalue weighted by atomic mass is 9.97. The molecule has 5 rings (SSSR count). The van der Waals surface area contributed by atoms with Crippen molar-refractivity contribution in [3.8, 4) is 11.5 Å². The van der Waals surface area contributed by atoms with Crippen LogP contribution in [0.2, 0.25) is 0 Å². The van der Waals surface area contributed by atoms with E-state index < -0.39 is 17.3 Å². The fraction of sp³-hybridized carbons (Fsp3) is 0. The van der Waals surface area contributed by atoms with Crippen molar-refractivity contribution in [1.82, 2.24) is 0 Å². The van der Waals surface area contributed by atoms with E-state index in [1.807, 2.05) is 24.3 Å². The minimum atomic E-state index is -0.796. The molecule has 0 atom stereocenters. The number of phenolic OH excluding ortho intramolecular Hbond substituents is 2. The molecular weight excluding hydrogens is 315 g/mol. The summed E-state index contributed by atoms with van der Waals surface area (Å²) in [5.41, 5.74) is 0. The summed E-state index contributed by atoms with van der Waals surface area (Å²) in [5, 5.41) is 26.5. The Labute approximate surface area is 142 Å². The molecule has 0 bridgehead atoms. The predicted octanol–water partition coefficient (Wildman–Crippen LogP) is 5.85. The first-order chi connectivity index (χ1) is 12.1. The number of benzene rings is 5. The number of phenols is 2. The number of hydrogen-bond acceptors (Lipinski definition) is 2. The number of aromatic hydroxyl groups is 2. The molecule has 5 aromatic rings. The number of rotatable bonds is 0. The summed E-state index contributed by atoms with van der Waals surface area (Å²) in [5.74, 6) is -1.95. The molecule has 0 fully saturated rings. The first-order valence-electron chi connectivity index (χ1n) is 8.00. The summed E-state index contributed by atoms with van der Waals surface area (Å²) >= 11 is 0. The second-order valence-electron chi connectivity index (χ2n) is 6.38. The topological polar surface area (TPSA) is 40.5 Å². The zero-order valence-electron chi connectivity index (χ0n) is 13.1. The Balaban J connectivity index is 1.91. The van der Waals surface area contributed by atoms with Crippen LogP contribution in [-0.2, 0) is 0 Å². The molecule has 0 aliphatic carbocycles. The molecule has 2 N–H and O–H groups in total. The number of hydrogen-bond donors (Lipinski definition) is 2. The van der Waals surface area contributed by atoms with Crippen LogP contribution in [0.4, 0.5) is 4.39 Å². The highest BCUT2D eigenvalue weighted by Gasteiger charge is 2.13. The van der Waals surface area contributed by atoms with E-state index >= 15 is 0 Å². The SMILES string of the molecule is Oc1cc2cc3cc4cc5ccccc5cc4cc3cc2c(F)c1O. The van der Waals surface area contributed by atoms with E-state index in [-0.39, 0.29) is 0 Å². The van der Waals surface area contributed by atoms with E-state index in [4.69, 9.17) is 0 Å². The lowest BCUT2D eigenvalue weighted by Gasteiger charge is -2.09. The largest absolute Gasteiger partial charge is 0.504 e. The minimum Gasteiger partial charge on any atom is -0.504 e. The maximum absolute atomic E-state index is 14.3. The summed E-state index contributed by atoms with van der Waals surface area (Å²) in [7, 11) is 0. The van der Waals surface area contributed by atoms with Crippen molar-refractivity contribution < 1.29 is 14.6 Å². The Morgan fingerprint density at radius 2 is 1.04 bits per heavy atom. The van der Waals surface area contributed by atoms with Gasteiger partial charge in [-0.05, 0) is 80.2 Å². The molecule has 0 heterocycles. The molecule has 0 amide bonds. The molecule has 0 aromatic heterocycles. The Morgan fingerprint density at radius 3 is 1.64 bits per heavy atom. The molecule has 120 valence electrons. The van der Waals surface area contributed by atoms with Gasteiger partial charge in [0.2, 0.25) is 0 Å². The first kappa shape index (κ1) is 14.1. The van der Waals surface area contributed by atoms with E-state index in [1.54, 1.807) is 6.07 Å². The molecule has 0 spiro atoms. The second-order valence-corrected chi connectivity index (χ2v) is 6.38. The van der Waals surface area contributed by atoms with Crippen molar-refractivity contribution in [3.63, 3.8) is 0 Å². The average molecular weight is 328 g/mol. The third kappa shape index (κ3) is 2.02. The highest BCUT2D eigenvalue weighted by Crippen LogP contribution is 2.37. The van der Waals surface area contributed by atoms with Gasteiger partial charge in [-0.25, -0.2) is 4.39 Å². The van der Waals surface area contributed by atoms with E-state index in [0.717, 1.165) is 26.9 Å². The van der Waals surface area contributed by atoms with Crippen LogP contribution in [-0.4, -0.2) is 10.2 Å². The van der Waals surface area contributed by atoms with Gasteiger partial charge in [-0.1, -0.05) is 24.3 Å². The lowest BCUT2D eigenvalue weighted by molar-refractivity contribution is 0.382. The standard InChI is InChI=1S/C22H13FO2/c23-21-19-10-17-8-15-6-13-4-2-1-3-12(13)5-14(15)7-16(17)9-18(19)11-20(24)22(21)25/h1-11,24-25H. The van der Waals surface area contributed by atoms with Crippen LogP contribution in [0.1, 0.15) is 0 Å². The van der Waals surface area contributed by atoms with Crippen molar-refractivity contribution in [3.05, 3.63) is 72.5 Å². The van der Waals surface area contributed by atoms with Gasteiger partial charge in [0, 0.05) is 5.39 Å². The van der Waals surface area contributed by atoms with Crippen molar-refractivity contribution in [2.45, 2.75) is 0 Å². The van der Waals surface area contributed by atoms with Gasteiger partial charge < -0.3 is 10.2 Å². The molecule has 3 heteroatoms. The van der Waals surface area contributed by atoms with Gasteiger partial charge in [-0.2, -0.15) is 0 Å². The second kappa shape index (κ2) is 4.84. The van der Waals surface area contributed by atoms with Gasteiger partial charge in [-0.3, -0.25) is 0 Å². The Morgan fingerprint density at radius 1 is 0.560 bits per heavy atom. The fourth-order valence-electron chi connectivity index (χ4n) is 3.53. The number of fused-ring (bicyclic) bond motifs is 4. The van der Waals surface area contributed by atoms with Gasteiger partial charge in [0.25, 0.3) is 0 Å². The smallest absolute Gasteiger partial charge is 0.194 e. The van der Waals surface area contributed by atoms with Crippen LogP contribution in [0.15, 0.2) is 66.7 Å². The lowest BCUT2D eigenvalue weighted by Crippen LogP contribution is -1.85. The maximum Gasteiger partial charge on any atom is 0.194 e. The highest BCUT2D eigenvalue weighted by atomic mass is 19.1. The molecule has 0 unspecified atom stereocenters. The maximum atomic E-state index is 14.3. The molecule has 0 aliphatic heterocycles. The van der Waals surface area contributed by atoms with Crippen LogP contribution in [0.3, 0.4) is 0 Å². The van der Waals surface area contributed by atoms with Gasteiger partial charge in [0.1, 0.15) is 0 Å². The van der Waals surface area contributed by atoms with Gasteiger partial charge in [0.15, 0.2) is 17.3 Å². The summed E-state index contributed by atoms with van der Waals surface area (Å²) in [6.07, 6.45) is 0. The van der Waals surface area contributed by atoms with Crippen LogP contribution in [0, 0.1) is 5.82 Å². The Bertz CT molecular complexity index is 1320. The predicted molar refractivity (Wildman–Crippen MR) is 99.8 cm³/mol. The Kier molecular flexibility index (Phi) is 2.72. The molecule has 0 saturated carbocycles. The van der Waals surface area contributed by atoms with E-state index in [2.05, 4.69) is 30.3 Å². The molecule has 0 radical (unpaired) electrons. The van der Waals surface area contributed by atoms with E-state index in [0.29, 0.717) is 10.8 Å². The quantitative estimate of drug-likeness (QED) is 0.276. The summed E-state index contributed by atoms with van der Waals surface area (Å²) in [4.78, 5) is 0. The first-order valence-corrected chi connectivity index (χ1v) is 8.00. The third-order valence-corrected chi connectivity index (χ3v) is 4.81. The van der Waals surface area contributed by atoms with Crippen LogP contribution in [0.5, 0.6) is 11.5 Å². The van der Waals surface area contributed by atoms with Gasteiger partial charge >= 0.3 is 0 Å². The molecule has 2 nitrogen and oxygen atoms in total. The van der Waals surface area contributed by atoms with Gasteiger partial charge in [0.05, 0.1) is 0 Å². The molecular formula is C22H13FO2. The molecule has 25 heavy (non-hydrogen) atoms. The number of halogens is 1. The fourth-order valence-corrected chi connectivity index (χ4v) is 3.53. The Hall–Kier alpha value is -3.33. The molecule has 5 aromatic carbocycles. The third-order valence-electron chi connectivity index (χ3n) is 4.81. The summed E-state index contributed by atoms with van der Waals surface area (Å²) in [6.45, 7) is 0. The minimum absolute atomic E-state index is 0.294. The zero-order chi connectivity index (χ0) is 17.1. The monoisotopic (exact) mass is 328 g/mol. The van der Waals surface area contributed by atoms with Crippen LogP contribution >= 0.6 is 0 Å². The zero-order valence-corrected chi connectivity index (χ0v) is 13.1. The van der Waals surface area contributed by atoms with Crippen molar-refractivity contribution in [1.29, 1.82) is 0 Å². The summed E-state index contributed by atoms with van der Waals surface area (Å²) < 4.78 is 14.3.